The third-order valence-electron chi connectivity index (χ3n) is 4.89. The Morgan fingerprint density at radius 3 is 2.62 bits per heavy atom. The molecule has 0 radical (unpaired) electrons. The standard InChI is InChI=1S/C21H30ClN7/c1-3-23-20(27(2)17-18-6-4-7-19(22)16-18)26-10-11-28-12-14-29(15-13-28)21-24-8-5-9-25-21/h4-9,16H,3,10-15,17H2,1-2H3,(H,23,26). The number of hydrogen-bond donors (Lipinski definition) is 1. The van der Waals surface area contributed by atoms with Gasteiger partial charge in [0.2, 0.25) is 5.95 Å². The van der Waals surface area contributed by atoms with Crippen molar-refractivity contribution in [1.29, 1.82) is 0 Å². The van der Waals surface area contributed by atoms with E-state index in [1.165, 1.54) is 5.56 Å². The Bertz CT molecular complexity index is 776. The average molecular weight is 416 g/mol. The fourth-order valence-corrected chi connectivity index (χ4v) is 3.59. The molecule has 1 aliphatic heterocycles. The van der Waals surface area contributed by atoms with E-state index in [0.717, 1.165) is 69.3 Å². The van der Waals surface area contributed by atoms with Crippen LogP contribution in [0.4, 0.5) is 5.95 Å². The molecule has 0 amide bonds. The lowest BCUT2D eigenvalue weighted by Crippen LogP contribution is -2.47. The van der Waals surface area contributed by atoms with Crippen LogP contribution in [0.5, 0.6) is 0 Å². The first kappa shape index (κ1) is 21.3. The molecular weight excluding hydrogens is 386 g/mol. The van der Waals surface area contributed by atoms with E-state index in [-0.39, 0.29) is 0 Å². The van der Waals surface area contributed by atoms with E-state index in [9.17, 15) is 0 Å². The Balaban J connectivity index is 1.48. The molecular formula is C21H30ClN7. The first-order valence-electron chi connectivity index (χ1n) is 10.1. The topological polar surface area (TPSA) is 59.9 Å². The predicted octanol–water partition coefficient (Wildman–Crippen LogP) is 2.35. The van der Waals surface area contributed by atoms with E-state index in [2.05, 4.69) is 50.0 Å². The van der Waals surface area contributed by atoms with Crippen molar-refractivity contribution in [3.8, 4) is 0 Å². The van der Waals surface area contributed by atoms with E-state index in [1.807, 2.05) is 24.3 Å². The Labute approximate surface area is 178 Å². The normalized spacial score (nSPS) is 15.4. The molecule has 1 aromatic heterocycles. The van der Waals surface area contributed by atoms with Gasteiger partial charge >= 0.3 is 0 Å². The van der Waals surface area contributed by atoms with Crippen molar-refractivity contribution in [3.05, 3.63) is 53.3 Å². The summed E-state index contributed by atoms with van der Waals surface area (Å²) in [4.78, 5) is 20.3. The summed E-state index contributed by atoms with van der Waals surface area (Å²) in [5.41, 5.74) is 1.17. The number of rotatable bonds is 7. The highest BCUT2D eigenvalue weighted by molar-refractivity contribution is 6.30. The number of anilines is 1. The zero-order chi connectivity index (χ0) is 20.5. The molecule has 0 spiro atoms. The second kappa shape index (κ2) is 11.0. The van der Waals surface area contributed by atoms with Crippen molar-refractivity contribution in [2.75, 3.05) is 57.8 Å². The quantitative estimate of drug-likeness (QED) is 0.553. The molecule has 1 aromatic carbocycles. The highest BCUT2D eigenvalue weighted by atomic mass is 35.5. The van der Waals surface area contributed by atoms with Crippen LogP contribution in [0.15, 0.2) is 47.7 Å². The summed E-state index contributed by atoms with van der Waals surface area (Å²) in [6.45, 7) is 9.31. The number of guanidine groups is 1. The number of benzene rings is 1. The number of aliphatic imine (C=N–C) groups is 1. The van der Waals surface area contributed by atoms with Crippen molar-refractivity contribution in [1.82, 2.24) is 25.1 Å². The van der Waals surface area contributed by atoms with Gasteiger partial charge in [0.05, 0.1) is 6.54 Å². The molecule has 1 saturated heterocycles. The number of nitrogens with one attached hydrogen (secondary N) is 1. The van der Waals surface area contributed by atoms with E-state index in [1.54, 1.807) is 12.4 Å². The molecule has 1 aliphatic rings. The molecule has 156 valence electrons. The van der Waals surface area contributed by atoms with Gasteiger partial charge < -0.3 is 15.1 Å². The Hall–Kier alpha value is -2.38. The van der Waals surface area contributed by atoms with Crippen LogP contribution >= 0.6 is 11.6 Å². The zero-order valence-corrected chi connectivity index (χ0v) is 18.0. The van der Waals surface area contributed by atoms with Gasteiger partial charge in [0.15, 0.2) is 5.96 Å². The number of piperazine rings is 1. The van der Waals surface area contributed by atoms with Gasteiger partial charge in [-0.25, -0.2) is 9.97 Å². The summed E-state index contributed by atoms with van der Waals surface area (Å²) >= 11 is 6.11. The Morgan fingerprint density at radius 2 is 1.93 bits per heavy atom. The molecule has 7 nitrogen and oxygen atoms in total. The van der Waals surface area contributed by atoms with E-state index in [0.29, 0.717) is 0 Å². The molecule has 1 fully saturated rings. The SMILES string of the molecule is CCNC(=NCCN1CCN(c2ncccn2)CC1)N(C)Cc1cccc(Cl)c1. The van der Waals surface area contributed by atoms with Crippen LogP contribution < -0.4 is 10.2 Å². The average Bonchev–Trinajstić information content (AvgIpc) is 2.74. The summed E-state index contributed by atoms with van der Waals surface area (Å²) in [5, 5.41) is 4.15. The molecule has 29 heavy (non-hydrogen) atoms. The number of nitrogens with zero attached hydrogens (tertiary/aromatic N) is 6. The minimum absolute atomic E-state index is 0.762. The summed E-state index contributed by atoms with van der Waals surface area (Å²) in [6, 6.07) is 9.81. The van der Waals surface area contributed by atoms with Gasteiger partial charge in [-0.15, -0.1) is 0 Å². The second-order valence-corrected chi connectivity index (χ2v) is 7.54. The van der Waals surface area contributed by atoms with Gasteiger partial charge in [-0.2, -0.15) is 0 Å². The fourth-order valence-electron chi connectivity index (χ4n) is 3.38. The van der Waals surface area contributed by atoms with Gasteiger partial charge in [-0.05, 0) is 30.7 Å². The molecule has 0 bridgehead atoms. The molecule has 1 N–H and O–H groups in total. The van der Waals surface area contributed by atoms with E-state index in [4.69, 9.17) is 16.6 Å². The molecule has 0 saturated carbocycles. The smallest absolute Gasteiger partial charge is 0.225 e. The van der Waals surface area contributed by atoms with Crippen LogP contribution in [-0.2, 0) is 6.54 Å². The van der Waals surface area contributed by atoms with Gasteiger partial charge in [0.25, 0.3) is 0 Å². The predicted molar refractivity (Wildman–Crippen MR) is 120 cm³/mol. The highest BCUT2D eigenvalue weighted by Crippen LogP contribution is 2.12. The summed E-state index contributed by atoms with van der Waals surface area (Å²) in [7, 11) is 2.06. The van der Waals surface area contributed by atoms with Gasteiger partial charge in [-0.1, -0.05) is 23.7 Å². The minimum Gasteiger partial charge on any atom is -0.357 e. The first-order valence-corrected chi connectivity index (χ1v) is 10.5. The third kappa shape index (κ3) is 6.58. The Kier molecular flexibility index (Phi) is 8.07. The highest BCUT2D eigenvalue weighted by Gasteiger charge is 2.18. The Morgan fingerprint density at radius 1 is 1.17 bits per heavy atom. The minimum atomic E-state index is 0.762. The molecule has 0 atom stereocenters. The van der Waals surface area contributed by atoms with Crippen LogP contribution in [0, 0.1) is 0 Å². The van der Waals surface area contributed by atoms with E-state index < -0.39 is 0 Å². The molecule has 8 heteroatoms. The van der Waals surface area contributed by atoms with Gasteiger partial charge in [0, 0.05) is 70.3 Å². The van der Waals surface area contributed by atoms with Crippen LogP contribution in [0.3, 0.4) is 0 Å². The number of aromatic nitrogens is 2. The molecule has 0 aliphatic carbocycles. The summed E-state index contributed by atoms with van der Waals surface area (Å²) < 4.78 is 0. The lowest BCUT2D eigenvalue weighted by Gasteiger charge is -2.34. The number of halogens is 1. The van der Waals surface area contributed by atoms with Crippen molar-refractivity contribution >= 4 is 23.5 Å². The molecule has 2 aromatic rings. The zero-order valence-electron chi connectivity index (χ0n) is 17.3. The maximum absolute atomic E-state index is 6.11. The van der Waals surface area contributed by atoms with Crippen molar-refractivity contribution < 1.29 is 0 Å². The molecule has 0 unspecified atom stereocenters. The summed E-state index contributed by atoms with van der Waals surface area (Å²) in [5.74, 6) is 1.74. The maximum atomic E-state index is 6.11. The lowest BCUT2D eigenvalue weighted by atomic mass is 10.2. The first-order chi connectivity index (χ1) is 14.2. The molecule has 3 rings (SSSR count). The second-order valence-electron chi connectivity index (χ2n) is 7.10. The lowest BCUT2D eigenvalue weighted by molar-refractivity contribution is 0.263. The summed E-state index contributed by atoms with van der Waals surface area (Å²) in [6.07, 6.45) is 3.59. The van der Waals surface area contributed by atoms with Crippen LogP contribution in [0.1, 0.15) is 12.5 Å². The van der Waals surface area contributed by atoms with Gasteiger partial charge in [0.1, 0.15) is 0 Å². The van der Waals surface area contributed by atoms with Gasteiger partial charge in [-0.3, -0.25) is 9.89 Å². The fraction of sp³-hybridized carbons (Fsp3) is 0.476. The van der Waals surface area contributed by atoms with Crippen LogP contribution in [0.25, 0.3) is 0 Å². The number of hydrogen-bond acceptors (Lipinski definition) is 5. The largest absolute Gasteiger partial charge is 0.357 e. The van der Waals surface area contributed by atoms with Crippen LogP contribution in [-0.4, -0.2) is 78.6 Å². The van der Waals surface area contributed by atoms with Crippen molar-refractivity contribution in [3.63, 3.8) is 0 Å². The maximum Gasteiger partial charge on any atom is 0.225 e. The van der Waals surface area contributed by atoms with E-state index >= 15 is 0 Å². The molecule has 2 heterocycles. The monoisotopic (exact) mass is 415 g/mol. The van der Waals surface area contributed by atoms with Crippen molar-refractivity contribution in [2.45, 2.75) is 13.5 Å². The van der Waals surface area contributed by atoms with Crippen LogP contribution in [0.2, 0.25) is 5.02 Å². The third-order valence-corrected chi connectivity index (χ3v) is 5.13. The van der Waals surface area contributed by atoms with Crippen molar-refractivity contribution in [2.24, 2.45) is 4.99 Å².